The average Bonchev–Trinajstić information content (AvgIpc) is 2.60. The van der Waals surface area contributed by atoms with Crippen LogP contribution < -0.4 is 14.8 Å². The lowest BCUT2D eigenvalue weighted by atomic mass is 10.1. The molecule has 2 aromatic rings. The molecule has 0 spiro atoms. The first-order chi connectivity index (χ1) is 12.4. The summed E-state index contributed by atoms with van der Waals surface area (Å²) in [7, 11) is 1.61. The van der Waals surface area contributed by atoms with Crippen LogP contribution in [0.2, 0.25) is 0 Å². The van der Waals surface area contributed by atoms with E-state index in [1.54, 1.807) is 25.3 Å². The highest BCUT2D eigenvalue weighted by atomic mass is 16.5. The summed E-state index contributed by atoms with van der Waals surface area (Å²) < 4.78 is 11.2. The molecule has 0 bridgehead atoms. The molecule has 2 aromatic carbocycles. The normalized spacial score (nSPS) is 10.3. The van der Waals surface area contributed by atoms with Crippen LogP contribution in [0.4, 0.5) is 5.69 Å². The minimum Gasteiger partial charge on any atom is -0.496 e. The van der Waals surface area contributed by atoms with E-state index in [-0.39, 0.29) is 18.3 Å². The molecule has 0 saturated carbocycles. The molecular formula is C21H25NO4. The van der Waals surface area contributed by atoms with Crippen LogP contribution in [0.25, 0.3) is 0 Å². The molecule has 0 fully saturated rings. The molecule has 0 aliphatic rings. The van der Waals surface area contributed by atoms with Gasteiger partial charge in [0.2, 0.25) is 5.91 Å². The van der Waals surface area contributed by atoms with Crippen LogP contribution in [0.5, 0.6) is 11.5 Å². The summed E-state index contributed by atoms with van der Waals surface area (Å²) in [5, 5.41) is 2.80. The van der Waals surface area contributed by atoms with Crippen molar-refractivity contribution in [2.45, 2.75) is 40.2 Å². The Morgan fingerprint density at radius 3 is 2.46 bits per heavy atom. The average molecular weight is 355 g/mol. The van der Waals surface area contributed by atoms with Crippen molar-refractivity contribution in [3.8, 4) is 11.5 Å². The van der Waals surface area contributed by atoms with Crippen LogP contribution in [0.15, 0.2) is 36.4 Å². The van der Waals surface area contributed by atoms with E-state index in [1.165, 1.54) is 6.92 Å². The van der Waals surface area contributed by atoms with Gasteiger partial charge < -0.3 is 14.8 Å². The van der Waals surface area contributed by atoms with Crippen LogP contribution in [-0.4, -0.2) is 18.8 Å². The number of ketones is 1. The molecule has 0 aliphatic heterocycles. The van der Waals surface area contributed by atoms with Gasteiger partial charge in [-0.15, -0.1) is 0 Å². The Morgan fingerprint density at radius 1 is 1.08 bits per heavy atom. The Labute approximate surface area is 154 Å². The quantitative estimate of drug-likeness (QED) is 0.707. The monoisotopic (exact) mass is 355 g/mol. The second-order valence-corrected chi connectivity index (χ2v) is 6.17. The largest absolute Gasteiger partial charge is 0.496 e. The molecule has 1 N–H and O–H groups in total. The molecule has 26 heavy (non-hydrogen) atoms. The molecule has 0 saturated heterocycles. The molecule has 0 unspecified atom stereocenters. The van der Waals surface area contributed by atoms with E-state index in [2.05, 4.69) is 5.32 Å². The van der Waals surface area contributed by atoms with Crippen molar-refractivity contribution < 1.29 is 19.1 Å². The predicted octanol–water partition coefficient (Wildman–Crippen LogP) is 4.52. The molecule has 0 aliphatic carbocycles. The first kappa shape index (κ1) is 19.5. The topological polar surface area (TPSA) is 64.6 Å². The summed E-state index contributed by atoms with van der Waals surface area (Å²) in [4.78, 5) is 23.8. The maximum absolute atomic E-state index is 12.0. The van der Waals surface area contributed by atoms with Gasteiger partial charge in [0.25, 0.3) is 0 Å². The van der Waals surface area contributed by atoms with Gasteiger partial charge in [-0.2, -0.15) is 0 Å². The second kappa shape index (κ2) is 9.04. The number of hydrogen-bond donors (Lipinski definition) is 1. The van der Waals surface area contributed by atoms with Crippen molar-refractivity contribution in [3.05, 3.63) is 53.1 Å². The van der Waals surface area contributed by atoms with Gasteiger partial charge in [0.1, 0.15) is 18.1 Å². The summed E-state index contributed by atoms with van der Waals surface area (Å²) in [6.45, 7) is 5.70. The van der Waals surface area contributed by atoms with Crippen molar-refractivity contribution in [2.24, 2.45) is 0 Å². The number of nitrogens with one attached hydrogen (secondary N) is 1. The van der Waals surface area contributed by atoms with Gasteiger partial charge in [-0.3, -0.25) is 9.59 Å². The van der Waals surface area contributed by atoms with E-state index in [4.69, 9.17) is 9.47 Å². The molecule has 0 radical (unpaired) electrons. The number of anilines is 1. The third-order valence-corrected chi connectivity index (χ3v) is 3.94. The van der Waals surface area contributed by atoms with Gasteiger partial charge >= 0.3 is 0 Å². The van der Waals surface area contributed by atoms with Crippen molar-refractivity contribution in [2.75, 3.05) is 12.4 Å². The van der Waals surface area contributed by atoms with E-state index in [0.29, 0.717) is 23.4 Å². The van der Waals surface area contributed by atoms with Gasteiger partial charge in [-0.05, 0) is 50.6 Å². The lowest BCUT2D eigenvalue weighted by molar-refractivity contribution is -0.116. The first-order valence-corrected chi connectivity index (χ1v) is 8.65. The molecule has 2 rings (SSSR count). The summed E-state index contributed by atoms with van der Waals surface area (Å²) in [6, 6.07) is 11.0. The van der Waals surface area contributed by atoms with E-state index in [1.807, 2.05) is 32.0 Å². The Balaban J connectivity index is 2.20. The molecule has 1 amide bonds. The fraction of sp³-hybridized carbons (Fsp3) is 0.333. The number of carbonyl (C=O) groups excluding carboxylic acids is 2. The third-order valence-electron chi connectivity index (χ3n) is 3.94. The Hall–Kier alpha value is -2.82. The zero-order chi connectivity index (χ0) is 19.1. The summed E-state index contributed by atoms with van der Waals surface area (Å²) >= 11 is 0. The lowest BCUT2D eigenvalue weighted by Gasteiger charge is -2.14. The number of amides is 1. The number of Topliss-reactive ketones (excluding diaryl/α,β-unsaturated/α-hetero) is 1. The van der Waals surface area contributed by atoms with Gasteiger partial charge in [-0.1, -0.05) is 18.6 Å². The Kier molecular flexibility index (Phi) is 6.78. The molecule has 0 aromatic heterocycles. The van der Waals surface area contributed by atoms with E-state index in [0.717, 1.165) is 23.3 Å². The Morgan fingerprint density at radius 2 is 1.81 bits per heavy atom. The molecule has 5 nitrogen and oxygen atoms in total. The SMILES string of the molecule is CCCC(=O)Nc1ccc(OCc2cc(C)ccc2OC)c(C(C)=O)c1. The molecular weight excluding hydrogens is 330 g/mol. The zero-order valence-electron chi connectivity index (χ0n) is 15.7. The first-order valence-electron chi connectivity index (χ1n) is 8.65. The lowest BCUT2D eigenvalue weighted by Crippen LogP contribution is -2.11. The number of aryl methyl sites for hydroxylation is 1. The number of ether oxygens (including phenoxy) is 2. The van der Waals surface area contributed by atoms with Gasteiger partial charge in [0, 0.05) is 17.7 Å². The minimum atomic E-state index is -0.122. The minimum absolute atomic E-state index is 0.0693. The van der Waals surface area contributed by atoms with Crippen molar-refractivity contribution in [1.82, 2.24) is 0 Å². The molecule has 5 heteroatoms. The van der Waals surface area contributed by atoms with E-state index in [9.17, 15) is 9.59 Å². The van der Waals surface area contributed by atoms with Crippen LogP contribution in [0, 0.1) is 6.92 Å². The van der Waals surface area contributed by atoms with E-state index < -0.39 is 0 Å². The maximum Gasteiger partial charge on any atom is 0.224 e. The highest BCUT2D eigenvalue weighted by molar-refractivity contribution is 5.99. The van der Waals surface area contributed by atoms with Crippen LogP contribution >= 0.6 is 0 Å². The number of benzene rings is 2. The fourth-order valence-electron chi connectivity index (χ4n) is 2.63. The van der Waals surface area contributed by atoms with Crippen LogP contribution in [0.3, 0.4) is 0 Å². The number of methoxy groups -OCH3 is 1. The fourth-order valence-corrected chi connectivity index (χ4v) is 2.63. The standard InChI is InChI=1S/C21H25NO4/c1-5-6-21(24)22-17-8-10-20(18(12-17)15(3)23)26-13-16-11-14(2)7-9-19(16)25-4/h7-12H,5-6,13H2,1-4H3,(H,22,24). The van der Waals surface area contributed by atoms with Crippen LogP contribution in [0.1, 0.15) is 48.2 Å². The van der Waals surface area contributed by atoms with Gasteiger partial charge in [0.05, 0.1) is 12.7 Å². The highest BCUT2D eigenvalue weighted by Crippen LogP contribution is 2.27. The number of carbonyl (C=O) groups is 2. The van der Waals surface area contributed by atoms with Crippen molar-refractivity contribution in [1.29, 1.82) is 0 Å². The van der Waals surface area contributed by atoms with Crippen LogP contribution in [-0.2, 0) is 11.4 Å². The predicted molar refractivity (Wildman–Crippen MR) is 102 cm³/mol. The van der Waals surface area contributed by atoms with Gasteiger partial charge in [-0.25, -0.2) is 0 Å². The number of hydrogen-bond acceptors (Lipinski definition) is 4. The highest BCUT2D eigenvalue weighted by Gasteiger charge is 2.12. The summed E-state index contributed by atoms with van der Waals surface area (Å²) in [5.41, 5.74) is 3.03. The zero-order valence-corrected chi connectivity index (χ0v) is 15.7. The maximum atomic E-state index is 12.0. The second-order valence-electron chi connectivity index (χ2n) is 6.17. The van der Waals surface area contributed by atoms with Gasteiger partial charge in [0.15, 0.2) is 5.78 Å². The van der Waals surface area contributed by atoms with Crippen molar-refractivity contribution >= 4 is 17.4 Å². The number of rotatable bonds is 8. The summed E-state index contributed by atoms with van der Waals surface area (Å²) in [5.74, 6) is 1.03. The molecule has 0 atom stereocenters. The molecule has 0 heterocycles. The smallest absolute Gasteiger partial charge is 0.224 e. The van der Waals surface area contributed by atoms with Crippen molar-refractivity contribution in [3.63, 3.8) is 0 Å². The van der Waals surface area contributed by atoms with E-state index >= 15 is 0 Å². The summed E-state index contributed by atoms with van der Waals surface area (Å²) in [6.07, 6.45) is 1.21. The molecule has 138 valence electrons. The third kappa shape index (κ3) is 5.09. The Bertz CT molecular complexity index is 799.